The highest BCUT2D eigenvalue weighted by molar-refractivity contribution is 5.62. The van der Waals surface area contributed by atoms with Crippen molar-refractivity contribution in [1.29, 1.82) is 0 Å². The summed E-state index contributed by atoms with van der Waals surface area (Å²) in [4.78, 5) is 0. The fraction of sp³-hybridized carbons (Fsp3) is 0. The summed E-state index contributed by atoms with van der Waals surface area (Å²) in [6, 6.07) is 16.3. The SMILES string of the molecule is Oc1ccc(Nc2ccc(-c3ccc(F)cc3)nn2)cc1. The van der Waals surface area contributed by atoms with E-state index in [0.29, 0.717) is 11.5 Å². The van der Waals surface area contributed by atoms with Gasteiger partial charge in [0.2, 0.25) is 0 Å². The van der Waals surface area contributed by atoms with E-state index in [9.17, 15) is 9.50 Å². The Kier molecular flexibility index (Phi) is 3.47. The zero-order valence-corrected chi connectivity index (χ0v) is 11.0. The van der Waals surface area contributed by atoms with Crippen LogP contribution in [0.4, 0.5) is 15.9 Å². The largest absolute Gasteiger partial charge is 0.508 e. The van der Waals surface area contributed by atoms with E-state index in [0.717, 1.165) is 11.3 Å². The number of benzene rings is 2. The summed E-state index contributed by atoms with van der Waals surface area (Å²) in [6.45, 7) is 0. The van der Waals surface area contributed by atoms with Crippen LogP contribution in [0.3, 0.4) is 0 Å². The Bertz CT molecular complexity index is 725. The first-order valence-corrected chi connectivity index (χ1v) is 6.36. The van der Waals surface area contributed by atoms with Gasteiger partial charge < -0.3 is 10.4 Å². The molecule has 4 nitrogen and oxygen atoms in total. The number of nitrogens with zero attached hydrogens (tertiary/aromatic N) is 2. The van der Waals surface area contributed by atoms with Gasteiger partial charge in [0.1, 0.15) is 11.6 Å². The first-order chi connectivity index (χ1) is 10.2. The average molecular weight is 281 g/mol. The fourth-order valence-electron chi connectivity index (χ4n) is 1.87. The standard InChI is InChI=1S/C16H12FN3O/c17-12-3-1-11(2-4-12)15-9-10-16(20-19-15)18-13-5-7-14(21)8-6-13/h1-10,21H,(H,18,20). The van der Waals surface area contributed by atoms with E-state index in [1.165, 1.54) is 12.1 Å². The molecule has 0 saturated heterocycles. The zero-order chi connectivity index (χ0) is 14.7. The van der Waals surface area contributed by atoms with E-state index >= 15 is 0 Å². The lowest BCUT2D eigenvalue weighted by Gasteiger charge is -2.06. The van der Waals surface area contributed by atoms with E-state index in [1.807, 2.05) is 6.07 Å². The molecule has 2 N–H and O–H groups in total. The van der Waals surface area contributed by atoms with Crippen LogP contribution in [0.1, 0.15) is 0 Å². The van der Waals surface area contributed by atoms with E-state index in [4.69, 9.17) is 0 Å². The molecular formula is C16H12FN3O. The van der Waals surface area contributed by atoms with Crippen LogP contribution in [-0.4, -0.2) is 15.3 Å². The Labute approximate surface area is 120 Å². The number of aromatic hydroxyl groups is 1. The molecule has 0 fully saturated rings. The minimum atomic E-state index is -0.280. The molecule has 3 rings (SSSR count). The van der Waals surface area contributed by atoms with Crippen molar-refractivity contribution in [1.82, 2.24) is 10.2 Å². The maximum Gasteiger partial charge on any atom is 0.153 e. The van der Waals surface area contributed by atoms with Crippen LogP contribution < -0.4 is 5.32 Å². The molecule has 5 heteroatoms. The summed E-state index contributed by atoms with van der Waals surface area (Å²) in [6.07, 6.45) is 0. The van der Waals surface area contributed by atoms with Gasteiger partial charge in [-0.25, -0.2) is 4.39 Å². The smallest absolute Gasteiger partial charge is 0.153 e. The number of anilines is 2. The van der Waals surface area contributed by atoms with Gasteiger partial charge in [-0.15, -0.1) is 10.2 Å². The molecule has 21 heavy (non-hydrogen) atoms. The summed E-state index contributed by atoms with van der Waals surface area (Å²) in [5.74, 6) is 0.516. The molecule has 0 aliphatic heterocycles. The number of hydrogen-bond donors (Lipinski definition) is 2. The van der Waals surface area contributed by atoms with Crippen molar-refractivity contribution in [2.24, 2.45) is 0 Å². The van der Waals surface area contributed by atoms with E-state index < -0.39 is 0 Å². The number of hydrogen-bond acceptors (Lipinski definition) is 4. The zero-order valence-electron chi connectivity index (χ0n) is 11.0. The molecule has 0 bridgehead atoms. The van der Waals surface area contributed by atoms with Crippen molar-refractivity contribution >= 4 is 11.5 Å². The Morgan fingerprint density at radius 2 is 1.52 bits per heavy atom. The summed E-state index contributed by atoms with van der Waals surface area (Å²) in [5.41, 5.74) is 2.28. The number of nitrogens with one attached hydrogen (secondary N) is 1. The second-order valence-electron chi connectivity index (χ2n) is 4.48. The molecule has 0 unspecified atom stereocenters. The predicted molar refractivity (Wildman–Crippen MR) is 78.8 cm³/mol. The Morgan fingerprint density at radius 3 is 2.14 bits per heavy atom. The van der Waals surface area contributed by atoms with E-state index in [1.54, 1.807) is 42.5 Å². The first-order valence-electron chi connectivity index (χ1n) is 6.36. The van der Waals surface area contributed by atoms with Crippen molar-refractivity contribution in [2.75, 3.05) is 5.32 Å². The van der Waals surface area contributed by atoms with Crippen molar-refractivity contribution < 1.29 is 9.50 Å². The Morgan fingerprint density at radius 1 is 0.810 bits per heavy atom. The van der Waals surface area contributed by atoms with Crippen LogP contribution in [0.5, 0.6) is 5.75 Å². The highest BCUT2D eigenvalue weighted by Gasteiger charge is 2.02. The van der Waals surface area contributed by atoms with Crippen LogP contribution in [0.25, 0.3) is 11.3 Å². The molecule has 3 aromatic rings. The van der Waals surface area contributed by atoms with Gasteiger partial charge in [0.25, 0.3) is 0 Å². The molecule has 0 aliphatic carbocycles. The van der Waals surface area contributed by atoms with Gasteiger partial charge in [0, 0.05) is 11.3 Å². The average Bonchev–Trinajstić information content (AvgIpc) is 2.51. The van der Waals surface area contributed by atoms with Gasteiger partial charge in [-0.05, 0) is 60.7 Å². The molecule has 104 valence electrons. The highest BCUT2D eigenvalue weighted by Crippen LogP contribution is 2.20. The van der Waals surface area contributed by atoms with Crippen molar-refractivity contribution in [2.45, 2.75) is 0 Å². The van der Waals surface area contributed by atoms with Crippen molar-refractivity contribution in [3.05, 3.63) is 66.5 Å². The third kappa shape index (κ3) is 3.14. The summed E-state index contributed by atoms with van der Waals surface area (Å²) in [5, 5.41) is 20.5. The molecule has 2 aromatic carbocycles. The van der Waals surface area contributed by atoms with Gasteiger partial charge in [0.05, 0.1) is 5.69 Å². The van der Waals surface area contributed by atoms with Gasteiger partial charge in [0.15, 0.2) is 5.82 Å². The van der Waals surface area contributed by atoms with Crippen LogP contribution in [0.2, 0.25) is 0 Å². The van der Waals surface area contributed by atoms with E-state index in [2.05, 4.69) is 15.5 Å². The highest BCUT2D eigenvalue weighted by atomic mass is 19.1. The molecule has 0 atom stereocenters. The van der Waals surface area contributed by atoms with E-state index in [-0.39, 0.29) is 11.6 Å². The number of rotatable bonds is 3. The monoisotopic (exact) mass is 281 g/mol. The summed E-state index contributed by atoms with van der Waals surface area (Å²) in [7, 11) is 0. The third-order valence-electron chi connectivity index (χ3n) is 2.94. The van der Waals surface area contributed by atoms with Gasteiger partial charge in [-0.1, -0.05) is 0 Å². The molecular weight excluding hydrogens is 269 g/mol. The Balaban J connectivity index is 1.77. The topological polar surface area (TPSA) is 58.0 Å². The summed E-state index contributed by atoms with van der Waals surface area (Å²) >= 11 is 0. The lowest BCUT2D eigenvalue weighted by molar-refractivity contribution is 0.475. The normalized spacial score (nSPS) is 10.3. The predicted octanol–water partition coefficient (Wildman–Crippen LogP) is 3.73. The third-order valence-corrected chi connectivity index (χ3v) is 2.94. The maximum absolute atomic E-state index is 12.9. The molecule has 0 aliphatic rings. The molecule has 0 spiro atoms. The molecule has 0 saturated carbocycles. The van der Waals surface area contributed by atoms with Crippen molar-refractivity contribution in [3.8, 4) is 17.0 Å². The van der Waals surface area contributed by atoms with Gasteiger partial charge in [-0.2, -0.15) is 0 Å². The van der Waals surface area contributed by atoms with Crippen LogP contribution in [0, 0.1) is 5.82 Å². The minimum Gasteiger partial charge on any atom is -0.508 e. The van der Waals surface area contributed by atoms with Gasteiger partial charge in [-0.3, -0.25) is 0 Å². The van der Waals surface area contributed by atoms with Crippen LogP contribution >= 0.6 is 0 Å². The van der Waals surface area contributed by atoms with Crippen molar-refractivity contribution in [3.63, 3.8) is 0 Å². The molecule has 1 heterocycles. The number of halogens is 1. The lowest BCUT2D eigenvalue weighted by atomic mass is 10.1. The number of phenols is 1. The quantitative estimate of drug-likeness (QED) is 0.718. The van der Waals surface area contributed by atoms with Crippen LogP contribution in [-0.2, 0) is 0 Å². The fourth-order valence-corrected chi connectivity index (χ4v) is 1.87. The van der Waals surface area contributed by atoms with Gasteiger partial charge >= 0.3 is 0 Å². The number of phenolic OH excluding ortho intramolecular Hbond substituents is 1. The second-order valence-corrected chi connectivity index (χ2v) is 4.48. The maximum atomic E-state index is 12.9. The lowest BCUT2D eigenvalue weighted by Crippen LogP contribution is -1.96. The molecule has 1 aromatic heterocycles. The second kappa shape index (κ2) is 5.58. The Hall–Kier alpha value is -2.95. The van der Waals surface area contributed by atoms with Crippen LogP contribution in [0.15, 0.2) is 60.7 Å². The first kappa shape index (κ1) is 13.1. The molecule has 0 amide bonds. The number of aromatic nitrogens is 2. The minimum absolute atomic E-state index is 0.207. The molecule has 0 radical (unpaired) electrons. The summed E-state index contributed by atoms with van der Waals surface area (Å²) < 4.78 is 12.9.